The summed E-state index contributed by atoms with van der Waals surface area (Å²) in [5.41, 5.74) is 0.173. The van der Waals surface area contributed by atoms with Gasteiger partial charge in [0.2, 0.25) is 0 Å². The summed E-state index contributed by atoms with van der Waals surface area (Å²) in [7, 11) is -1.26. The van der Waals surface area contributed by atoms with Crippen molar-refractivity contribution in [3.8, 4) is 0 Å². The molecule has 3 amide bonds. The number of rotatable bonds is 9. The molecule has 31 heavy (non-hydrogen) atoms. The second kappa shape index (κ2) is 11.1. The number of imide groups is 1. The third kappa shape index (κ3) is 6.52. The summed E-state index contributed by atoms with van der Waals surface area (Å²) in [5, 5.41) is 4.35. The predicted molar refractivity (Wildman–Crippen MR) is 112 cm³/mol. The van der Waals surface area contributed by atoms with Crippen LogP contribution in [-0.2, 0) is 24.3 Å². The molecule has 0 aliphatic carbocycles. The molecule has 0 spiro atoms. The molecule has 10 nitrogen and oxygen atoms in total. The zero-order chi connectivity index (χ0) is 22.9. The number of urea groups is 1. The molecule has 0 saturated heterocycles. The zero-order valence-corrected chi connectivity index (χ0v) is 17.8. The summed E-state index contributed by atoms with van der Waals surface area (Å²) in [6, 6.07) is 13.1. The van der Waals surface area contributed by atoms with Crippen LogP contribution in [0.25, 0.3) is 0 Å². The number of hydrogen-bond donors (Lipinski definition) is 2. The Kier molecular flexibility index (Phi) is 8.53. The molecular formula is C20H23N3O7S. The second-order valence-electron chi connectivity index (χ2n) is 6.18. The normalized spacial score (nSPS) is 10.8. The van der Waals surface area contributed by atoms with Crippen LogP contribution < -0.4 is 14.9 Å². The number of amides is 3. The Morgan fingerprint density at radius 1 is 1.00 bits per heavy atom. The van der Waals surface area contributed by atoms with E-state index in [9.17, 15) is 22.8 Å². The number of benzene rings is 2. The lowest BCUT2D eigenvalue weighted by Gasteiger charge is -2.20. The Morgan fingerprint density at radius 2 is 1.65 bits per heavy atom. The number of carbonyl (C=O) groups is 3. The summed E-state index contributed by atoms with van der Waals surface area (Å²) in [6.45, 7) is -0.311. The van der Waals surface area contributed by atoms with Gasteiger partial charge in [0.15, 0.2) is 6.61 Å². The van der Waals surface area contributed by atoms with Gasteiger partial charge < -0.3 is 14.8 Å². The molecule has 0 aromatic heterocycles. The number of carbonyl (C=O) groups excluding carboxylic acids is 3. The summed E-state index contributed by atoms with van der Waals surface area (Å²) < 4.78 is 36.8. The van der Waals surface area contributed by atoms with Crippen LogP contribution in [0.5, 0.6) is 0 Å². The van der Waals surface area contributed by atoms with Gasteiger partial charge in [-0.3, -0.25) is 14.4 Å². The maximum atomic E-state index is 13.0. The molecule has 0 saturated carbocycles. The van der Waals surface area contributed by atoms with Crippen LogP contribution in [0, 0.1) is 0 Å². The van der Waals surface area contributed by atoms with Crippen molar-refractivity contribution in [2.45, 2.75) is 4.90 Å². The molecule has 0 aliphatic rings. The molecular weight excluding hydrogens is 426 g/mol. The quantitative estimate of drug-likeness (QED) is 0.433. The van der Waals surface area contributed by atoms with Gasteiger partial charge in [-0.15, -0.1) is 0 Å². The first-order chi connectivity index (χ1) is 14.8. The molecule has 2 N–H and O–H groups in total. The van der Waals surface area contributed by atoms with E-state index < -0.39 is 34.5 Å². The van der Waals surface area contributed by atoms with E-state index in [1.54, 1.807) is 30.3 Å². The average molecular weight is 449 g/mol. The summed E-state index contributed by atoms with van der Waals surface area (Å²) in [4.78, 5) is 35.5. The monoisotopic (exact) mass is 449 g/mol. The van der Waals surface area contributed by atoms with E-state index >= 15 is 0 Å². The van der Waals surface area contributed by atoms with E-state index in [1.165, 1.54) is 38.4 Å². The van der Waals surface area contributed by atoms with Crippen LogP contribution in [0.4, 0.5) is 10.5 Å². The molecule has 2 aromatic rings. The van der Waals surface area contributed by atoms with Crippen LogP contribution in [0.2, 0.25) is 0 Å². The standard InChI is InChI=1S/C20H23N3O7S/c1-23(15-8-4-3-5-9-15)31(27,28)17-11-7-6-10-16(17)19(25)30-14-18(24)22-20(26)21-12-13-29-2/h3-11H,12-14H2,1-2H3,(H2,21,22,24,26). The lowest BCUT2D eigenvalue weighted by molar-refractivity contribution is -0.123. The number of sulfonamides is 1. The fraction of sp³-hybridized carbons (Fsp3) is 0.250. The second-order valence-corrected chi connectivity index (χ2v) is 8.11. The van der Waals surface area contributed by atoms with Gasteiger partial charge >= 0.3 is 12.0 Å². The minimum Gasteiger partial charge on any atom is -0.452 e. The molecule has 11 heteroatoms. The average Bonchev–Trinajstić information content (AvgIpc) is 2.77. The fourth-order valence-electron chi connectivity index (χ4n) is 2.47. The van der Waals surface area contributed by atoms with Gasteiger partial charge in [0.25, 0.3) is 15.9 Å². The van der Waals surface area contributed by atoms with Crippen molar-refractivity contribution in [2.24, 2.45) is 0 Å². The van der Waals surface area contributed by atoms with Crippen LogP contribution in [0.3, 0.4) is 0 Å². The Morgan fingerprint density at radius 3 is 2.32 bits per heavy atom. The third-order valence-electron chi connectivity index (χ3n) is 4.04. The molecule has 0 radical (unpaired) electrons. The molecule has 2 aromatic carbocycles. The molecule has 2 rings (SSSR count). The number of nitrogens with zero attached hydrogens (tertiary/aromatic N) is 1. The van der Waals surface area contributed by atoms with E-state index in [-0.39, 0.29) is 23.6 Å². The van der Waals surface area contributed by atoms with Gasteiger partial charge in [-0.05, 0) is 24.3 Å². The van der Waals surface area contributed by atoms with Crippen LogP contribution in [-0.4, -0.2) is 60.2 Å². The number of anilines is 1. The van der Waals surface area contributed by atoms with E-state index in [0.717, 1.165) is 4.31 Å². The number of esters is 1. The topological polar surface area (TPSA) is 131 Å². The number of methoxy groups -OCH3 is 1. The minimum absolute atomic E-state index is 0.190. The molecule has 166 valence electrons. The highest BCUT2D eigenvalue weighted by Crippen LogP contribution is 2.24. The van der Waals surface area contributed by atoms with Gasteiger partial charge in [-0.2, -0.15) is 0 Å². The van der Waals surface area contributed by atoms with Crippen molar-refractivity contribution in [2.75, 3.05) is 38.2 Å². The smallest absolute Gasteiger partial charge is 0.340 e. The molecule has 0 atom stereocenters. The van der Waals surface area contributed by atoms with Crippen LogP contribution >= 0.6 is 0 Å². The molecule has 0 bridgehead atoms. The number of nitrogens with one attached hydrogen (secondary N) is 2. The Labute approximate surface area is 180 Å². The van der Waals surface area contributed by atoms with E-state index in [0.29, 0.717) is 5.69 Å². The summed E-state index contributed by atoms with van der Waals surface area (Å²) >= 11 is 0. The van der Waals surface area contributed by atoms with Crippen LogP contribution in [0.1, 0.15) is 10.4 Å². The molecule has 0 fully saturated rings. The van der Waals surface area contributed by atoms with Gasteiger partial charge in [0.05, 0.1) is 17.9 Å². The molecule has 0 aliphatic heterocycles. The van der Waals surface area contributed by atoms with Crippen molar-refractivity contribution in [3.05, 3.63) is 60.2 Å². The molecule has 0 heterocycles. The predicted octanol–water partition coefficient (Wildman–Crippen LogP) is 1.14. The Hall–Kier alpha value is -3.44. The maximum Gasteiger partial charge on any atom is 0.340 e. The van der Waals surface area contributed by atoms with Crippen LogP contribution in [0.15, 0.2) is 59.5 Å². The first-order valence-electron chi connectivity index (χ1n) is 9.14. The highest BCUT2D eigenvalue weighted by atomic mass is 32.2. The minimum atomic E-state index is -4.08. The SMILES string of the molecule is COCCNC(=O)NC(=O)COC(=O)c1ccccc1S(=O)(=O)N(C)c1ccccc1. The first kappa shape index (κ1) is 23.8. The van der Waals surface area contributed by atoms with Crippen molar-refractivity contribution in [1.82, 2.24) is 10.6 Å². The van der Waals surface area contributed by atoms with Gasteiger partial charge in [-0.25, -0.2) is 18.0 Å². The van der Waals surface area contributed by atoms with Gasteiger partial charge in [-0.1, -0.05) is 30.3 Å². The lowest BCUT2D eigenvalue weighted by Crippen LogP contribution is -2.42. The van der Waals surface area contributed by atoms with E-state index in [4.69, 9.17) is 9.47 Å². The van der Waals surface area contributed by atoms with E-state index in [2.05, 4.69) is 5.32 Å². The largest absolute Gasteiger partial charge is 0.452 e. The van der Waals surface area contributed by atoms with Gasteiger partial charge in [0.1, 0.15) is 4.90 Å². The third-order valence-corrected chi connectivity index (χ3v) is 5.89. The highest BCUT2D eigenvalue weighted by Gasteiger charge is 2.27. The summed E-state index contributed by atoms with van der Waals surface area (Å²) in [5.74, 6) is -1.89. The first-order valence-corrected chi connectivity index (χ1v) is 10.6. The highest BCUT2D eigenvalue weighted by molar-refractivity contribution is 7.92. The lowest BCUT2D eigenvalue weighted by atomic mass is 10.2. The van der Waals surface area contributed by atoms with E-state index in [1.807, 2.05) is 5.32 Å². The van der Waals surface area contributed by atoms with Crippen molar-refractivity contribution in [3.63, 3.8) is 0 Å². The number of para-hydroxylation sites is 1. The fourth-order valence-corrected chi connectivity index (χ4v) is 3.84. The van der Waals surface area contributed by atoms with Gasteiger partial charge in [0, 0.05) is 20.7 Å². The number of ether oxygens (including phenoxy) is 2. The molecule has 0 unspecified atom stereocenters. The number of hydrogen-bond acceptors (Lipinski definition) is 7. The maximum absolute atomic E-state index is 13.0. The Balaban J connectivity index is 2.08. The zero-order valence-electron chi connectivity index (χ0n) is 17.0. The summed E-state index contributed by atoms with van der Waals surface area (Å²) in [6.07, 6.45) is 0. The van der Waals surface area contributed by atoms with Crippen molar-refractivity contribution < 1.29 is 32.3 Å². The Bertz CT molecular complexity index is 1030. The van der Waals surface area contributed by atoms with Crippen molar-refractivity contribution in [1.29, 1.82) is 0 Å². The van der Waals surface area contributed by atoms with Crippen molar-refractivity contribution >= 4 is 33.6 Å².